The van der Waals surface area contributed by atoms with E-state index in [1.54, 1.807) is 12.1 Å². The summed E-state index contributed by atoms with van der Waals surface area (Å²) in [6.45, 7) is 11.5. The number of Topliss-reactive ketones (excluding diaryl/α,β-unsaturated/α-hetero) is 1. The molecule has 0 unspecified atom stereocenters. The molecule has 9 nitrogen and oxygen atoms in total. The van der Waals surface area contributed by atoms with Gasteiger partial charge in [0, 0.05) is 36.0 Å². The summed E-state index contributed by atoms with van der Waals surface area (Å²) < 4.78 is 40.5. The Labute approximate surface area is 259 Å². The van der Waals surface area contributed by atoms with E-state index in [-0.39, 0.29) is 22.4 Å². The summed E-state index contributed by atoms with van der Waals surface area (Å²) in [6, 6.07) is 9.98. The number of fused-ring (bicyclic) bond motifs is 1. The minimum absolute atomic E-state index is 0.0311. The quantitative estimate of drug-likeness (QED) is 0.198. The summed E-state index contributed by atoms with van der Waals surface area (Å²) in [5.74, 6) is 0.659. The fourth-order valence-corrected chi connectivity index (χ4v) is 7.04. The molecule has 0 aliphatic carbocycles. The number of rotatable bonds is 12. The van der Waals surface area contributed by atoms with Crippen molar-refractivity contribution in [1.29, 1.82) is 0 Å². The third kappa shape index (κ3) is 7.62. The molecule has 0 amide bonds. The smallest absolute Gasteiger partial charge is 0.238 e. The second kappa shape index (κ2) is 13.3. The number of likely N-dealkylation sites (tertiary alicyclic amines) is 1. The van der Waals surface area contributed by atoms with Crippen LogP contribution >= 0.6 is 0 Å². The van der Waals surface area contributed by atoms with E-state index < -0.39 is 10.0 Å². The van der Waals surface area contributed by atoms with Crippen LogP contribution in [0.3, 0.4) is 0 Å². The average Bonchev–Trinajstić information content (AvgIpc) is 3.55. The topological polar surface area (TPSA) is 127 Å². The van der Waals surface area contributed by atoms with Crippen molar-refractivity contribution in [2.45, 2.75) is 71.2 Å². The Morgan fingerprint density at radius 1 is 1.09 bits per heavy atom. The lowest BCUT2D eigenvalue weighted by Crippen LogP contribution is -2.36. The Hall–Kier alpha value is -3.41. The highest BCUT2D eigenvalue weighted by molar-refractivity contribution is 7.89. The van der Waals surface area contributed by atoms with Crippen LogP contribution in [-0.2, 0) is 29.4 Å². The Kier molecular flexibility index (Phi) is 9.67. The molecule has 0 bridgehead atoms. The number of H-pyrrole nitrogens is 1. The van der Waals surface area contributed by atoms with Crippen LogP contribution in [0.15, 0.2) is 47.5 Å². The normalized spacial score (nSPS) is 15.2. The molecule has 4 aromatic rings. The Bertz CT molecular complexity index is 1740. The first-order valence-electron chi connectivity index (χ1n) is 15.5. The Morgan fingerprint density at radius 3 is 2.52 bits per heavy atom. The minimum atomic E-state index is -3.79. The van der Waals surface area contributed by atoms with Gasteiger partial charge >= 0.3 is 0 Å². The van der Waals surface area contributed by atoms with Gasteiger partial charge in [0.15, 0.2) is 5.78 Å². The number of ketones is 1. The molecule has 0 atom stereocenters. The van der Waals surface area contributed by atoms with Crippen molar-refractivity contribution < 1.29 is 17.6 Å². The van der Waals surface area contributed by atoms with Gasteiger partial charge in [0.25, 0.3) is 0 Å². The van der Waals surface area contributed by atoms with E-state index in [1.807, 2.05) is 36.9 Å². The lowest BCUT2D eigenvalue weighted by atomic mass is 9.96. The maximum absolute atomic E-state index is 14.2. The fourth-order valence-electron chi connectivity index (χ4n) is 6.25. The van der Waals surface area contributed by atoms with E-state index in [2.05, 4.69) is 34.0 Å². The summed E-state index contributed by atoms with van der Waals surface area (Å²) in [4.78, 5) is 18.9. The van der Waals surface area contributed by atoms with Crippen LogP contribution in [0.1, 0.15) is 68.6 Å². The largest absolute Gasteiger partial charge is 0.352 e. The molecule has 5 rings (SSSR count). The molecule has 1 saturated heterocycles. The van der Waals surface area contributed by atoms with Gasteiger partial charge in [-0.3, -0.25) is 9.48 Å². The van der Waals surface area contributed by atoms with E-state index in [4.69, 9.17) is 5.14 Å². The van der Waals surface area contributed by atoms with Crippen LogP contribution in [0, 0.1) is 23.6 Å². The van der Waals surface area contributed by atoms with Crippen LogP contribution in [0.5, 0.6) is 0 Å². The van der Waals surface area contributed by atoms with Crippen molar-refractivity contribution in [2.24, 2.45) is 22.9 Å². The maximum Gasteiger partial charge on any atom is 0.238 e. The van der Waals surface area contributed by atoms with Crippen molar-refractivity contribution >= 4 is 26.7 Å². The predicted octanol–water partition coefficient (Wildman–Crippen LogP) is 5.59. The number of nitrogens with zero attached hydrogens (tertiary/aromatic N) is 4. The summed E-state index contributed by atoms with van der Waals surface area (Å²) in [6.07, 6.45) is 5.69. The number of benzene rings is 2. The van der Waals surface area contributed by atoms with E-state index in [1.165, 1.54) is 12.1 Å². The first-order valence-corrected chi connectivity index (χ1v) is 17.0. The molecule has 236 valence electrons. The Balaban J connectivity index is 1.23. The number of piperidine rings is 1. The third-order valence-corrected chi connectivity index (χ3v) is 9.36. The van der Waals surface area contributed by atoms with Gasteiger partial charge < -0.3 is 9.88 Å². The van der Waals surface area contributed by atoms with E-state index in [0.29, 0.717) is 59.1 Å². The van der Waals surface area contributed by atoms with Crippen molar-refractivity contribution in [3.8, 4) is 11.3 Å². The van der Waals surface area contributed by atoms with Crippen LogP contribution < -0.4 is 5.14 Å². The molecule has 11 heteroatoms. The van der Waals surface area contributed by atoms with Gasteiger partial charge in [-0.25, -0.2) is 17.9 Å². The minimum Gasteiger partial charge on any atom is -0.352 e. The Morgan fingerprint density at radius 2 is 1.84 bits per heavy atom. The van der Waals surface area contributed by atoms with Crippen LogP contribution in [0.4, 0.5) is 4.39 Å². The number of halogens is 1. The number of hydrogen-bond acceptors (Lipinski definition) is 6. The van der Waals surface area contributed by atoms with E-state index in [0.717, 1.165) is 50.0 Å². The fraction of sp³-hybridized carbons (Fsp3) is 0.485. The van der Waals surface area contributed by atoms with Crippen molar-refractivity contribution in [1.82, 2.24) is 24.9 Å². The average molecular weight is 623 g/mol. The number of carbonyl (C=O) groups is 1. The van der Waals surface area contributed by atoms with E-state index in [9.17, 15) is 17.6 Å². The van der Waals surface area contributed by atoms with E-state index >= 15 is 0 Å². The molecule has 1 aliphatic rings. The number of carbonyl (C=O) groups excluding carboxylic acids is 1. The molecular weight excluding hydrogens is 579 g/mol. The number of aromatic nitrogens is 4. The lowest BCUT2D eigenvalue weighted by molar-refractivity contribution is 0.0964. The second-order valence-electron chi connectivity index (χ2n) is 13.0. The van der Waals surface area contributed by atoms with Gasteiger partial charge in [-0.05, 0) is 91.9 Å². The molecule has 2 aromatic carbocycles. The standard InChI is InChI=1S/C33H43FN6O3S/c1-21(2)15-24-5-8-31(44(35,42)43)25(17-24)11-14-39-12-9-23(10-13-39)19-40-20-29(37-38-40)32-27-18-26(34)6-7-28(27)36-33(32)30(41)16-22(3)4/h5-8,17-18,20-23,36H,9-16,19H2,1-4H3,(H2,35,42,43). The lowest BCUT2D eigenvalue weighted by Gasteiger charge is -2.32. The summed E-state index contributed by atoms with van der Waals surface area (Å²) in [7, 11) is -3.79. The number of nitrogens with one attached hydrogen (secondary N) is 1. The molecule has 3 N–H and O–H groups in total. The first-order chi connectivity index (χ1) is 20.9. The van der Waals surface area contributed by atoms with Gasteiger partial charge in [-0.15, -0.1) is 5.10 Å². The van der Waals surface area contributed by atoms with Gasteiger partial charge in [0.2, 0.25) is 10.0 Å². The molecule has 2 aromatic heterocycles. The van der Waals surface area contributed by atoms with Crippen LogP contribution in [0.25, 0.3) is 22.2 Å². The maximum atomic E-state index is 14.2. The van der Waals surface area contributed by atoms with Gasteiger partial charge in [0.05, 0.1) is 16.8 Å². The number of hydrogen-bond donors (Lipinski definition) is 2. The summed E-state index contributed by atoms with van der Waals surface area (Å²) in [5.41, 5.74) is 4.20. The molecular formula is C33H43FN6O3S. The van der Waals surface area contributed by atoms with Crippen molar-refractivity contribution in [2.75, 3.05) is 19.6 Å². The highest BCUT2D eigenvalue weighted by Crippen LogP contribution is 2.33. The number of nitrogens with two attached hydrogens (primary N) is 1. The first kappa shape index (κ1) is 32.0. The third-order valence-electron chi connectivity index (χ3n) is 8.35. The summed E-state index contributed by atoms with van der Waals surface area (Å²) >= 11 is 0. The zero-order valence-electron chi connectivity index (χ0n) is 26.0. The highest BCUT2D eigenvalue weighted by atomic mass is 32.2. The van der Waals surface area contributed by atoms with Crippen molar-refractivity contribution in [3.63, 3.8) is 0 Å². The molecule has 1 fully saturated rings. The van der Waals surface area contributed by atoms with Crippen molar-refractivity contribution in [3.05, 3.63) is 65.2 Å². The predicted molar refractivity (Wildman–Crippen MR) is 170 cm³/mol. The molecule has 44 heavy (non-hydrogen) atoms. The highest BCUT2D eigenvalue weighted by Gasteiger charge is 2.25. The summed E-state index contributed by atoms with van der Waals surface area (Å²) in [5, 5.41) is 14.9. The van der Waals surface area contributed by atoms with Gasteiger partial charge in [0.1, 0.15) is 11.5 Å². The second-order valence-corrected chi connectivity index (χ2v) is 14.6. The SMILES string of the molecule is CC(C)CC(=O)c1[nH]c2ccc(F)cc2c1-c1cn(CC2CCN(CCc3cc(CC(C)C)ccc3S(N)(=O)=O)CC2)nn1. The van der Waals surface area contributed by atoms with Crippen LogP contribution in [0.2, 0.25) is 0 Å². The molecule has 0 radical (unpaired) electrons. The number of primary sulfonamides is 1. The van der Waals surface area contributed by atoms with Gasteiger partial charge in [-0.1, -0.05) is 45.0 Å². The molecule has 1 aliphatic heterocycles. The zero-order valence-corrected chi connectivity index (χ0v) is 26.8. The number of aromatic amines is 1. The van der Waals surface area contributed by atoms with Gasteiger partial charge in [-0.2, -0.15) is 0 Å². The van der Waals surface area contributed by atoms with Crippen LogP contribution in [-0.4, -0.2) is 58.7 Å². The zero-order chi connectivity index (χ0) is 31.6. The number of sulfonamides is 1. The monoisotopic (exact) mass is 622 g/mol. The molecule has 0 saturated carbocycles. The molecule has 0 spiro atoms. The molecule has 3 heterocycles.